The average Bonchev–Trinajstić information content (AvgIpc) is 2.67. The maximum Gasteiger partial charge on any atom is 0.266 e. The van der Waals surface area contributed by atoms with Crippen LogP contribution in [0.4, 0.5) is 5.69 Å². The van der Waals surface area contributed by atoms with Crippen molar-refractivity contribution in [2.75, 3.05) is 19.0 Å². The van der Waals surface area contributed by atoms with Crippen LogP contribution < -0.4 is 14.8 Å². The minimum atomic E-state index is -0.446. The Balaban J connectivity index is 2.29. The molecule has 2 aromatic carbocycles. The number of nitriles is 1. The normalized spacial score (nSPS) is 11.0. The molecule has 0 aliphatic heterocycles. The Morgan fingerprint density at radius 3 is 2.59 bits per heavy atom. The van der Waals surface area contributed by atoms with Gasteiger partial charge >= 0.3 is 0 Å². The molecule has 140 valence electrons. The fourth-order valence-electron chi connectivity index (χ4n) is 2.67. The highest BCUT2D eigenvalue weighted by Gasteiger charge is 2.14. The van der Waals surface area contributed by atoms with Crippen LogP contribution in [0.15, 0.2) is 48.0 Å². The van der Waals surface area contributed by atoms with Crippen molar-refractivity contribution in [1.29, 1.82) is 5.26 Å². The van der Waals surface area contributed by atoms with Gasteiger partial charge in [0, 0.05) is 5.69 Å². The van der Waals surface area contributed by atoms with Gasteiger partial charge in [-0.2, -0.15) is 5.26 Å². The van der Waals surface area contributed by atoms with E-state index in [1.165, 1.54) is 6.08 Å². The summed E-state index contributed by atoms with van der Waals surface area (Å²) in [4.78, 5) is 12.6. The van der Waals surface area contributed by atoms with Gasteiger partial charge in [-0.1, -0.05) is 38.1 Å². The molecule has 0 unspecified atom stereocenters. The molecule has 5 heteroatoms. The Morgan fingerprint density at radius 2 is 1.96 bits per heavy atom. The molecule has 1 N–H and O–H groups in total. The van der Waals surface area contributed by atoms with Crippen molar-refractivity contribution in [3.63, 3.8) is 0 Å². The summed E-state index contributed by atoms with van der Waals surface area (Å²) in [5, 5.41) is 12.3. The summed E-state index contributed by atoms with van der Waals surface area (Å²) in [7, 11) is 1.55. The number of nitrogens with one attached hydrogen (secondary N) is 1. The first-order chi connectivity index (χ1) is 13.0. The Kier molecular flexibility index (Phi) is 7.01. The van der Waals surface area contributed by atoms with E-state index in [4.69, 9.17) is 9.47 Å². The van der Waals surface area contributed by atoms with Crippen molar-refractivity contribution in [2.45, 2.75) is 26.7 Å². The number of carbonyl (C=O) groups excluding carboxylic acids is 1. The summed E-state index contributed by atoms with van der Waals surface area (Å²) in [6.45, 7) is 6.52. The van der Waals surface area contributed by atoms with Gasteiger partial charge < -0.3 is 14.8 Å². The number of hydrogen-bond acceptors (Lipinski definition) is 4. The van der Waals surface area contributed by atoms with Gasteiger partial charge in [0.2, 0.25) is 0 Å². The van der Waals surface area contributed by atoms with E-state index in [0.717, 1.165) is 5.56 Å². The van der Waals surface area contributed by atoms with Crippen LogP contribution >= 0.6 is 0 Å². The summed E-state index contributed by atoms with van der Waals surface area (Å²) in [5.41, 5.74) is 2.42. The molecule has 27 heavy (non-hydrogen) atoms. The van der Waals surface area contributed by atoms with E-state index in [1.54, 1.807) is 25.3 Å². The van der Waals surface area contributed by atoms with E-state index in [1.807, 2.05) is 37.3 Å². The van der Waals surface area contributed by atoms with Crippen LogP contribution in [0.2, 0.25) is 0 Å². The number of rotatable bonds is 7. The number of hydrogen-bond donors (Lipinski definition) is 1. The Morgan fingerprint density at radius 1 is 1.22 bits per heavy atom. The SMILES string of the molecule is CCOc1ccc(/C=C(\C#N)C(=O)Nc2ccccc2C(C)C)cc1OC. The lowest BCUT2D eigenvalue weighted by Gasteiger charge is -2.13. The molecule has 0 spiro atoms. The van der Waals surface area contributed by atoms with Crippen LogP contribution in [0.1, 0.15) is 37.8 Å². The molecule has 0 saturated heterocycles. The van der Waals surface area contributed by atoms with Crippen molar-refractivity contribution in [1.82, 2.24) is 0 Å². The molecular formula is C22H24N2O3. The smallest absolute Gasteiger partial charge is 0.266 e. The van der Waals surface area contributed by atoms with Crippen molar-refractivity contribution < 1.29 is 14.3 Å². The standard InChI is InChI=1S/C22H24N2O3/c1-5-27-20-11-10-16(13-21(20)26-4)12-17(14-23)22(25)24-19-9-7-6-8-18(19)15(2)3/h6-13,15H,5H2,1-4H3,(H,24,25)/b17-12+. The van der Waals surface area contributed by atoms with E-state index >= 15 is 0 Å². The lowest BCUT2D eigenvalue weighted by atomic mass is 10.0. The minimum absolute atomic E-state index is 0.0137. The summed E-state index contributed by atoms with van der Waals surface area (Å²) >= 11 is 0. The highest BCUT2D eigenvalue weighted by atomic mass is 16.5. The second kappa shape index (κ2) is 9.44. The molecule has 0 atom stereocenters. The molecule has 5 nitrogen and oxygen atoms in total. The number of ether oxygens (including phenoxy) is 2. The Labute approximate surface area is 160 Å². The van der Waals surface area contributed by atoms with Crippen molar-refractivity contribution in [3.05, 3.63) is 59.2 Å². The van der Waals surface area contributed by atoms with Gasteiger partial charge in [0.15, 0.2) is 11.5 Å². The van der Waals surface area contributed by atoms with Crippen LogP contribution in [0, 0.1) is 11.3 Å². The zero-order chi connectivity index (χ0) is 19.8. The zero-order valence-electron chi connectivity index (χ0n) is 16.1. The second-order valence-electron chi connectivity index (χ2n) is 6.21. The van der Waals surface area contributed by atoms with Crippen molar-refractivity contribution >= 4 is 17.7 Å². The summed E-state index contributed by atoms with van der Waals surface area (Å²) < 4.78 is 10.8. The predicted octanol–water partition coefficient (Wildman–Crippen LogP) is 4.76. The number of benzene rings is 2. The van der Waals surface area contributed by atoms with Crippen molar-refractivity contribution in [2.24, 2.45) is 0 Å². The zero-order valence-corrected chi connectivity index (χ0v) is 16.1. The van der Waals surface area contributed by atoms with E-state index in [-0.39, 0.29) is 11.5 Å². The minimum Gasteiger partial charge on any atom is -0.493 e. The maximum atomic E-state index is 12.6. The third kappa shape index (κ3) is 5.11. The average molecular weight is 364 g/mol. The number of para-hydroxylation sites is 1. The van der Waals surface area contributed by atoms with Gasteiger partial charge in [-0.3, -0.25) is 4.79 Å². The van der Waals surface area contributed by atoms with E-state index in [9.17, 15) is 10.1 Å². The number of carbonyl (C=O) groups is 1. The highest BCUT2D eigenvalue weighted by Crippen LogP contribution is 2.29. The molecule has 2 rings (SSSR count). The molecule has 0 saturated carbocycles. The third-order valence-electron chi connectivity index (χ3n) is 3.99. The molecule has 0 bridgehead atoms. The lowest BCUT2D eigenvalue weighted by molar-refractivity contribution is -0.112. The van der Waals surface area contributed by atoms with E-state index in [2.05, 4.69) is 19.2 Å². The van der Waals surface area contributed by atoms with Crippen LogP contribution in [-0.2, 0) is 4.79 Å². The fourth-order valence-corrected chi connectivity index (χ4v) is 2.67. The molecular weight excluding hydrogens is 340 g/mol. The van der Waals surface area contributed by atoms with Crippen LogP contribution in [-0.4, -0.2) is 19.6 Å². The molecule has 0 fully saturated rings. The number of nitrogens with zero attached hydrogens (tertiary/aromatic N) is 1. The largest absolute Gasteiger partial charge is 0.493 e. The molecule has 1 amide bonds. The molecule has 0 aliphatic rings. The third-order valence-corrected chi connectivity index (χ3v) is 3.99. The molecule has 2 aromatic rings. The predicted molar refractivity (Wildman–Crippen MR) is 107 cm³/mol. The Bertz CT molecular complexity index is 879. The lowest BCUT2D eigenvalue weighted by Crippen LogP contribution is -2.15. The van der Waals surface area contributed by atoms with Gasteiger partial charge in [-0.15, -0.1) is 0 Å². The summed E-state index contributed by atoms with van der Waals surface area (Å²) in [6.07, 6.45) is 1.53. The number of anilines is 1. The van der Waals surface area contributed by atoms with Crippen LogP contribution in [0.3, 0.4) is 0 Å². The monoisotopic (exact) mass is 364 g/mol. The Hall–Kier alpha value is -3.26. The molecule has 0 aromatic heterocycles. The van der Waals surface area contributed by atoms with Gasteiger partial charge in [0.05, 0.1) is 13.7 Å². The molecule has 0 radical (unpaired) electrons. The van der Waals surface area contributed by atoms with Gasteiger partial charge in [-0.25, -0.2) is 0 Å². The van der Waals surface area contributed by atoms with Gasteiger partial charge in [-0.05, 0) is 48.2 Å². The number of methoxy groups -OCH3 is 1. The van der Waals surface area contributed by atoms with Crippen LogP contribution in [0.5, 0.6) is 11.5 Å². The highest BCUT2D eigenvalue weighted by molar-refractivity contribution is 6.10. The summed E-state index contributed by atoms with van der Waals surface area (Å²) in [5.74, 6) is 0.976. The van der Waals surface area contributed by atoms with E-state index in [0.29, 0.717) is 29.4 Å². The van der Waals surface area contributed by atoms with Gasteiger partial charge in [0.1, 0.15) is 11.6 Å². The first kappa shape index (κ1) is 20.1. The van der Waals surface area contributed by atoms with Crippen molar-refractivity contribution in [3.8, 4) is 17.6 Å². The first-order valence-corrected chi connectivity index (χ1v) is 8.83. The quantitative estimate of drug-likeness (QED) is 0.568. The fraction of sp³-hybridized carbons (Fsp3) is 0.273. The maximum absolute atomic E-state index is 12.6. The first-order valence-electron chi connectivity index (χ1n) is 8.83. The van der Waals surface area contributed by atoms with E-state index < -0.39 is 5.91 Å². The van der Waals surface area contributed by atoms with Crippen LogP contribution in [0.25, 0.3) is 6.08 Å². The molecule has 0 heterocycles. The second-order valence-corrected chi connectivity index (χ2v) is 6.21. The number of amides is 1. The summed E-state index contributed by atoms with van der Waals surface area (Å²) in [6, 6.07) is 14.8. The molecule has 0 aliphatic carbocycles. The van der Waals surface area contributed by atoms with Gasteiger partial charge in [0.25, 0.3) is 5.91 Å². The topological polar surface area (TPSA) is 71.3 Å².